The summed E-state index contributed by atoms with van der Waals surface area (Å²) in [5.41, 5.74) is 7.42. The molecule has 0 N–H and O–H groups in total. The molecule has 8 aromatic rings. The second-order valence-corrected chi connectivity index (χ2v) is 13.1. The molecular weight excluding hydrogens is 633 g/mol. The Balaban J connectivity index is 1.20. The standard InChI is InChI=1S/C48H40N4/c1-3-5-6-7-15-35(14-4-2)46-50-47(36-28-30-49-31-29-36)52-48(51-46)44-21-13-8-16-38(44)34-24-22-33(23-25-34)37-26-27-43-41-19-10-9-17-39(41)40-18-11-12-20-42(40)45(43)32-37/h7-32H,3-6H2,1-2H3. The third kappa shape index (κ3) is 6.52. The van der Waals surface area contributed by atoms with Crippen LogP contribution in [-0.2, 0) is 0 Å². The fourth-order valence-corrected chi connectivity index (χ4v) is 7.10. The number of hydrogen-bond acceptors (Lipinski definition) is 4. The minimum atomic E-state index is 0.633. The zero-order valence-corrected chi connectivity index (χ0v) is 29.6. The molecule has 6 aromatic carbocycles. The van der Waals surface area contributed by atoms with Crippen molar-refractivity contribution >= 4 is 37.9 Å². The van der Waals surface area contributed by atoms with Gasteiger partial charge in [0.1, 0.15) is 0 Å². The highest BCUT2D eigenvalue weighted by Crippen LogP contribution is 2.38. The minimum Gasteiger partial charge on any atom is -0.265 e. The van der Waals surface area contributed by atoms with Crippen molar-refractivity contribution < 1.29 is 0 Å². The van der Waals surface area contributed by atoms with E-state index in [2.05, 4.69) is 152 Å². The second kappa shape index (κ2) is 14.9. The summed E-state index contributed by atoms with van der Waals surface area (Å²) in [6.07, 6.45) is 14.4. The van der Waals surface area contributed by atoms with Crippen molar-refractivity contribution in [3.63, 3.8) is 0 Å². The first-order valence-electron chi connectivity index (χ1n) is 18.3. The Morgan fingerprint density at radius 1 is 0.519 bits per heavy atom. The SMILES string of the molecule is CCC=C(C=CCCCC)c1nc(-c2ccncc2)nc(-c2ccccc2-c2ccc(-c3ccc4c5ccccc5c5ccccc5c4c3)cc2)n1. The number of fused-ring (bicyclic) bond motifs is 6. The van der Waals surface area contributed by atoms with E-state index in [0.717, 1.165) is 53.5 Å². The molecule has 4 nitrogen and oxygen atoms in total. The van der Waals surface area contributed by atoms with Gasteiger partial charge in [-0.1, -0.05) is 154 Å². The van der Waals surface area contributed by atoms with Gasteiger partial charge < -0.3 is 0 Å². The first-order valence-corrected chi connectivity index (χ1v) is 18.3. The van der Waals surface area contributed by atoms with Crippen LogP contribution in [0.3, 0.4) is 0 Å². The van der Waals surface area contributed by atoms with E-state index in [4.69, 9.17) is 15.0 Å². The Morgan fingerprint density at radius 2 is 1.10 bits per heavy atom. The summed E-state index contributed by atoms with van der Waals surface area (Å²) in [4.78, 5) is 19.4. The maximum absolute atomic E-state index is 5.12. The molecule has 0 spiro atoms. The smallest absolute Gasteiger partial charge is 0.164 e. The molecule has 0 saturated heterocycles. The van der Waals surface area contributed by atoms with Crippen LogP contribution >= 0.6 is 0 Å². The molecule has 8 rings (SSSR count). The molecule has 0 unspecified atom stereocenters. The highest BCUT2D eigenvalue weighted by Gasteiger charge is 2.16. The molecule has 0 bridgehead atoms. The number of rotatable bonds is 10. The second-order valence-electron chi connectivity index (χ2n) is 13.1. The molecule has 0 saturated carbocycles. The Labute approximate surface area is 305 Å². The number of allylic oxidation sites excluding steroid dienone is 4. The van der Waals surface area contributed by atoms with Gasteiger partial charge in [-0.2, -0.15) is 0 Å². The molecule has 0 atom stereocenters. The van der Waals surface area contributed by atoms with E-state index < -0.39 is 0 Å². The average molecular weight is 673 g/mol. The first kappa shape index (κ1) is 32.9. The minimum absolute atomic E-state index is 0.633. The Bertz CT molecular complexity index is 2550. The quantitative estimate of drug-likeness (QED) is 0.0824. The topological polar surface area (TPSA) is 51.6 Å². The van der Waals surface area contributed by atoms with Crippen LogP contribution in [0.5, 0.6) is 0 Å². The van der Waals surface area contributed by atoms with Crippen LogP contribution in [0.1, 0.15) is 45.4 Å². The van der Waals surface area contributed by atoms with Crippen LogP contribution in [-0.4, -0.2) is 19.9 Å². The molecule has 4 heteroatoms. The molecule has 52 heavy (non-hydrogen) atoms. The summed E-state index contributed by atoms with van der Waals surface area (Å²) in [7, 11) is 0. The molecule has 2 heterocycles. The Kier molecular flexibility index (Phi) is 9.45. The van der Waals surface area contributed by atoms with Crippen LogP contribution in [0.15, 0.2) is 158 Å². The molecule has 0 fully saturated rings. The third-order valence-corrected chi connectivity index (χ3v) is 9.72. The number of aromatic nitrogens is 4. The average Bonchev–Trinajstić information content (AvgIpc) is 3.22. The van der Waals surface area contributed by atoms with E-state index in [1.165, 1.54) is 43.4 Å². The summed E-state index contributed by atoms with van der Waals surface area (Å²) in [5.74, 6) is 1.95. The van der Waals surface area contributed by atoms with Crippen molar-refractivity contribution in [2.45, 2.75) is 39.5 Å². The monoisotopic (exact) mass is 672 g/mol. The maximum atomic E-state index is 5.12. The fourth-order valence-electron chi connectivity index (χ4n) is 7.10. The lowest BCUT2D eigenvalue weighted by atomic mass is 9.91. The van der Waals surface area contributed by atoms with Gasteiger partial charge in [0.25, 0.3) is 0 Å². The van der Waals surface area contributed by atoms with Gasteiger partial charge >= 0.3 is 0 Å². The van der Waals surface area contributed by atoms with Crippen molar-refractivity contribution in [2.24, 2.45) is 0 Å². The molecule has 0 radical (unpaired) electrons. The van der Waals surface area contributed by atoms with Gasteiger partial charge in [-0.3, -0.25) is 4.98 Å². The summed E-state index contributed by atoms with van der Waals surface area (Å²) in [6, 6.07) is 45.5. The van der Waals surface area contributed by atoms with Crippen molar-refractivity contribution in [2.75, 3.05) is 0 Å². The van der Waals surface area contributed by atoms with E-state index in [9.17, 15) is 0 Å². The van der Waals surface area contributed by atoms with Crippen LogP contribution < -0.4 is 0 Å². The zero-order chi connectivity index (χ0) is 35.3. The predicted molar refractivity (Wildman–Crippen MR) is 219 cm³/mol. The fraction of sp³-hybridized carbons (Fsp3) is 0.125. The van der Waals surface area contributed by atoms with Crippen molar-refractivity contribution in [1.29, 1.82) is 0 Å². The van der Waals surface area contributed by atoms with Crippen molar-refractivity contribution in [1.82, 2.24) is 19.9 Å². The van der Waals surface area contributed by atoms with E-state index >= 15 is 0 Å². The number of unbranched alkanes of at least 4 members (excludes halogenated alkanes) is 2. The normalized spacial score (nSPS) is 12.0. The number of benzene rings is 6. The molecule has 252 valence electrons. The van der Waals surface area contributed by atoms with E-state index in [0.29, 0.717) is 17.5 Å². The van der Waals surface area contributed by atoms with Gasteiger partial charge in [0.2, 0.25) is 0 Å². The summed E-state index contributed by atoms with van der Waals surface area (Å²) in [6.45, 7) is 4.36. The van der Waals surface area contributed by atoms with E-state index in [1.807, 2.05) is 12.1 Å². The Hall–Kier alpha value is -6.26. The molecule has 0 aliphatic heterocycles. The first-order chi connectivity index (χ1) is 25.7. The van der Waals surface area contributed by atoms with Gasteiger partial charge in [0, 0.05) is 29.1 Å². The summed E-state index contributed by atoms with van der Waals surface area (Å²) in [5, 5.41) is 7.69. The van der Waals surface area contributed by atoms with Gasteiger partial charge in [0.15, 0.2) is 17.5 Å². The van der Waals surface area contributed by atoms with E-state index in [1.54, 1.807) is 12.4 Å². The van der Waals surface area contributed by atoms with Gasteiger partial charge in [-0.25, -0.2) is 15.0 Å². The van der Waals surface area contributed by atoms with Crippen LogP contribution in [0.25, 0.3) is 82.9 Å². The molecule has 0 aliphatic carbocycles. The zero-order valence-electron chi connectivity index (χ0n) is 29.6. The van der Waals surface area contributed by atoms with Gasteiger partial charge in [-0.05, 0) is 85.6 Å². The van der Waals surface area contributed by atoms with Crippen LogP contribution in [0.4, 0.5) is 0 Å². The van der Waals surface area contributed by atoms with Gasteiger partial charge in [-0.15, -0.1) is 0 Å². The lowest BCUT2D eigenvalue weighted by Crippen LogP contribution is -2.03. The maximum Gasteiger partial charge on any atom is 0.164 e. The largest absolute Gasteiger partial charge is 0.265 e. The summed E-state index contributed by atoms with van der Waals surface area (Å²) >= 11 is 0. The van der Waals surface area contributed by atoms with Crippen molar-refractivity contribution in [3.8, 4) is 45.0 Å². The predicted octanol–water partition coefficient (Wildman–Crippen LogP) is 12.9. The lowest BCUT2D eigenvalue weighted by Gasteiger charge is -2.13. The lowest BCUT2D eigenvalue weighted by molar-refractivity contribution is 0.815. The van der Waals surface area contributed by atoms with E-state index in [-0.39, 0.29) is 0 Å². The Morgan fingerprint density at radius 3 is 1.77 bits per heavy atom. The number of hydrogen-bond donors (Lipinski definition) is 0. The number of nitrogens with zero attached hydrogens (tertiary/aromatic N) is 4. The third-order valence-electron chi connectivity index (χ3n) is 9.72. The highest BCUT2D eigenvalue weighted by atomic mass is 15.0. The van der Waals surface area contributed by atoms with Gasteiger partial charge in [0.05, 0.1) is 0 Å². The number of pyridine rings is 1. The molecule has 2 aromatic heterocycles. The highest BCUT2D eigenvalue weighted by molar-refractivity contribution is 6.25. The van der Waals surface area contributed by atoms with Crippen molar-refractivity contribution in [3.05, 3.63) is 164 Å². The summed E-state index contributed by atoms with van der Waals surface area (Å²) < 4.78 is 0. The molecule has 0 amide bonds. The molecular formula is C48H40N4. The molecule has 0 aliphatic rings. The van der Waals surface area contributed by atoms with Crippen LogP contribution in [0, 0.1) is 0 Å². The van der Waals surface area contributed by atoms with Crippen LogP contribution in [0.2, 0.25) is 0 Å².